The summed E-state index contributed by atoms with van der Waals surface area (Å²) in [5.41, 5.74) is 3.29. The smallest absolute Gasteiger partial charge is 0.257 e. The molecule has 1 aliphatic heterocycles. The number of hydrogen-bond donors (Lipinski definition) is 1. The molecule has 1 N–H and O–H groups in total. The number of amides is 1. The Morgan fingerprint density at radius 3 is 2.47 bits per heavy atom. The second-order valence-electron chi connectivity index (χ2n) is 7.75. The van der Waals surface area contributed by atoms with Gasteiger partial charge < -0.3 is 15.1 Å². The highest BCUT2D eigenvalue weighted by Crippen LogP contribution is 2.26. The van der Waals surface area contributed by atoms with Gasteiger partial charge in [0.1, 0.15) is 5.82 Å². The number of fused-ring (bicyclic) bond motifs is 1. The molecule has 160 valence electrons. The number of hydrogen-bond acceptors (Lipinski definition) is 7. The molecule has 0 radical (unpaired) electrons. The third-order valence-electron chi connectivity index (χ3n) is 5.62. The fourth-order valence-electron chi connectivity index (χ4n) is 3.91. The lowest BCUT2D eigenvalue weighted by atomic mass is 10.1. The van der Waals surface area contributed by atoms with E-state index in [0.29, 0.717) is 5.56 Å². The van der Waals surface area contributed by atoms with Crippen LogP contribution in [0.15, 0.2) is 67.3 Å². The van der Waals surface area contributed by atoms with Crippen LogP contribution in [0, 0.1) is 6.92 Å². The average Bonchev–Trinajstić information content (AvgIpc) is 2.85. The van der Waals surface area contributed by atoms with Gasteiger partial charge >= 0.3 is 0 Å². The average molecular weight is 425 g/mol. The minimum absolute atomic E-state index is 0.181. The summed E-state index contributed by atoms with van der Waals surface area (Å²) >= 11 is 0. The fourth-order valence-corrected chi connectivity index (χ4v) is 3.91. The summed E-state index contributed by atoms with van der Waals surface area (Å²) in [6, 6.07) is 13.3. The lowest BCUT2D eigenvalue weighted by molar-refractivity contribution is 0.102. The van der Waals surface area contributed by atoms with Gasteiger partial charge in [0.25, 0.3) is 5.91 Å². The van der Waals surface area contributed by atoms with Crippen LogP contribution < -0.4 is 15.1 Å². The minimum Gasteiger partial charge on any atom is -0.353 e. The lowest BCUT2D eigenvalue weighted by Gasteiger charge is -2.35. The van der Waals surface area contributed by atoms with Crippen LogP contribution in [0.4, 0.5) is 17.5 Å². The Labute approximate surface area is 186 Å². The van der Waals surface area contributed by atoms with Gasteiger partial charge in [0.15, 0.2) is 0 Å². The van der Waals surface area contributed by atoms with Crippen LogP contribution in [0.1, 0.15) is 15.9 Å². The van der Waals surface area contributed by atoms with Gasteiger partial charge in [-0.25, -0.2) is 15.0 Å². The lowest BCUT2D eigenvalue weighted by Crippen LogP contribution is -2.47. The van der Waals surface area contributed by atoms with Crippen molar-refractivity contribution in [2.45, 2.75) is 6.92 Å². The van der Waals surface area contributed by atoms with E-state index in [1.54, 1.807) is 36.9 Å². The molecule has 32 heavy (non-hydrogen) atoms. The predicted octanol–water partition coefficient (Wildman–Crippen LogP) is 3.31. The Morgan fingerprint density at radius 1 is 0.938 bits per heavy atom. The van der Waals surface area contributed by atoms with Crippen LogP contribution in [0.25, 0.3) is 10.9 Å². The highest BCUT2D eigenvalue weighted by atomic mass is 16.1. The van der Waals surface area contributed by atoms with Crippen LogP contribution in [-0.4, -0.2) is 52.0 Å². The van der Waals surface area contributed by atoms with Gasteiger partial charge in [-0.05, 0) is 55.0 Å². The zero-order valence-corrected chi connectivity index (χ0v) is 17.8. The molecule has 1 aromatic carbocycles. The summed E-state index contributed by atoms with van der Waals surface area (Å²) < 4.78 is 0. The number of aromatic nitrogens is 4. The van der Waals surface area contributed by atoms with E-state index in [1.807, 2.05) is 24.3 Å². The molecule has 5 rings (SSSR count). The molecule has 4 heterocycles. The van der Waals surface area contributed by atoms with E-state index < -0.39 is 0 Å². The van der Waals surface area contributed by atoms with E-state index >= 15 is 0 Å². The van der Waals surface area contributed by atoms with Crippen molar-refractivity contribution >= 4 is 34.3 Å². The van der Waals surface area contributed by atoms with Crippen molar-refractivity contribution < 1.29 is 4.79 Å². The molecule has 0 aliphatic carbocycles. The first kappa shape index (κ1) is 19.9. The Kier molecular flexibility index (Phi) is 5.33. The first-order valence-corrected chi connectivity index (χ1v) is 10.6. The zero-order chi connectivity index (χ0) is 21.9. The van der Waals surface area contributed by atoms with Crippen LogP contribution in [0.5, 0.6) is 0 Å². The SMILES string of the molecule is Cc1cc(N2CCN(c3ncccn3)CC2)nc2ccc(NC(=O)c3cccnc3)cc12. The number of nitrogens with zero attached hydrogens (tertiary/aromatic N) is 6. The maximum atomic E-state index is 12.4. The second kappa shape index (κ2) is 8.58. The topological polar surface area (TPSA) is 87.1 Å². The highest BCUT2D eigenvalue weighted by Gasteiger charge is 2.20. The van der Waals surface area contributed by atoms with E-state index in [9.17, 15) is 4.79 Å². The number of anilines is 3. The van der Waals surface area contributed by atoms with Gasteiger partial charge in [0, 0.05) is 62.0 Å². The minimum atomic E-state index is -0.181. The number of nitrogens with one attached hydrogen (secondary N) is 1. The molecule has 0 bridgehead atoms. The molecular formula is C24H23N7O. The first-order valence-electron chi connectivity index (χ1n) is 10.6. The molecule has 0 saturated carbocycles. The molecule has 8 heteroatoms. The third kappa shape index (κ3) is 4.07. The summed E-state index contributed by atoms with van der Waals surface area (Å²) in [4.78, 5) is 34.5. The number of carbonyl (C=O) groups is 1. The molecule has 8 nitrogen and oxygen atoms in total. The number of pyridine rings is 2. The molecular weight excluding hydrogens is 402 g/mol. The zero-order valence-electron chi connectivity index (χ0n) is 17.8. The summed E-state index contributed by atoms with van der Waals surface area (Å²) in [5, 5.41) is 3.96. The number of benzene rings is 1. The molecule has 0 atom stereocenters. The summed E-state index contributed by atoms with van der Waals surface area (Å²) in [6.45, 7) is 5.49. The summed E-state index contributed by atoms with van der Waals surface area (Å²) in [5.74, 6) is 1.56. The van der Waals surface area contributed by atoms with Gasteiger partial charge in [-0.2, -0.15) is 0 Å². The molecule has 1 amide bonds. The van der Waals surface area contributed by atoms with Gasteiger partial charge in [-0.15, -0.1) is 0 Å². The van der Waals surface area contributed by atoms with Crippen LogP contribution >= 0.6 is 0 Å². The van der Waals surface area contributed by atoms with Crippen molar-refractivity contribution in [1.29, 1.82) is 0 Å². The van der Waals surface area contributed by atoms with Crippen LogP contribution in [0.2, 0.25) is 0 Å². The van der Waals surface area contributed by atoms with Crippen molar-refractivity contribution in [3.63, 3.8) is 0 Å². The quantitative estimate of drug-likeness (QED) is 0.537. The molecule has 3 aromatic heterocycles. The molecule has 0 spiro atoms. The van der Waals surface area contributed by atoms with E-state index in [4.69, 9.17) is 4.98 Å². The van der Waals surface area contributed by atoms with Crippen molar-refractivity contribution in [3.8, 4) is 0 Å². The predicted molar refractivity (Wildman–Crippen MR) is 125 cm³/mol. The van der Waals surface area contributed by atoms with Crippen LogP contribution in [-0.2, 0) is 0 Å². The molecule has 0 unspecified atom stereocenters. The van der Waals surface area contributed by atoms with Crippen molar-refractivity contribution in [3.05, 3.63) is 78.4 Å². The Morgan fingerprint density at radius 2 is 1.72 bits per heavy atom. The van der Waals surface area contributed by atoms with Crippen molar-refractivity contribution in [2.24, 2.45) is 0 Å². The van der Waals surface area contributed by atoms with Gasteiger partial charge in [0.05, 0.1) is 11.1 Å². The third-order valence-corrected chi connectivity index (χ3v) is 5.62. The van der Waals surface area contributed by atoms with Gasteiger partial charge in [-0.1, -0.05) is 0 Å². The van der Waals surface area contributed by atoms with E-state index in [1.165, 1.54) is 0 Å². The number of aryl methyl sites for hydroxylation is 1. The van der Waals surface area contributed by atoms with E-state index in [0.717, 1.165) is 60.1 Å². The standard InChI is InChI=1S/C24H23N7O/c1-17-14-22(30-10-12-31(13-11-30)24-26-8-3-9-27-24)29-21-6-5-19(15-20(17)21)28-23(32)18-4-2-7-25-16-18/h2-9,14-16H,10-13H2,1H3,(H,28,32). The number of carbonyl (C=O) groups excluding carboxylic acids is 1. The highest BCUT2D eigenvalue weighted by molar-refractivity contribution is 6.05. The second-order valence-corrected chi connectivity index (χ2v) is 7.75. The Hall–Kier alpha value is -4.07. The molecule has 1 fully saturated rings. The Balaban J connectivity index is 1.32. The molecule has 1 aliphatic rings. The van der Waals surface area contributed by atoms with Crippen LogP contribution in [0.3, 0.4) is 0 Å². The normalized spacial score (nSPS) is 13.9. The first-order chi connectivity index (χ1) is 15.7. The van der Waals surface area contributed by atoms with Gasteiger partial charge in [-0.3, -0.25) is 9.78 Å². The monoisotopic (exact) mass is 425 g/mol. The largest absolute Gasteiger partial charge is 0.353 e. The fraction of sp³-hybridized carbons (Fsp3) is 0.208. The van der Waals surface area contributed by atoms with Gasteiger partial charge in [0.2, 0.25) is 5.95 Å². The van der Waals surface area contributed by atoms with E-state index in [2.05, 4.69) is 43.1 Å². The van der Waals surface area contributed by atoms with Crippen molar-refractivity contribution in [1.82, 2.24) is 19.9 Å². The molecule has 1 saturated heterocycles. The summed E-state index contributed by atoms with van der Waals surface area (Å²) in [7, 11) is 0. The number of piperazine rings is 1. The Bertz CT molecular complexity index is 1240. The number of rotatable bonds is 4. The van der Waals surface area contributed by atoms with Crippen molar-refractivity contribution in [2.75, 3.05) is 41.3 Å². The molecule has 4 aromatic rings. The maximum absolute atomic E-state index is 12.4. The maximum Gasteiger partial charge on any atom is 0.257 e. The summed E-state index contributed by atoms with van der Waals surface area (Å²) in [6.07, 6.45) is 6.75. The van der Waals surface area contributed by atoms with E-state index in [-0.39, 0.29) is 5.91 Å².